The van der Waals surface area contributed by atoms with E-state index in [0.717, 1.165) is 0 Å². The molecule has 2 N–H and O–H groups in total. The van der Waals surface area contributed by atoms with Crippen LogP contribution in [0.25, 0.3) is 0 Å². The second kappa shape index (κ2) is 4.68. The van der Waals surface area contributed by atoms with Crippen molar-refractivity contribution < 1.29 is 18.7 Å². The van der Waals surface area contributed by atoms with Crippen LogP contribution >= 0.6 is 0 Å². The monoisotopic (exact) mass is 216 g/mol. The van der Waals surface area contributed by atoms with Gasteiger partial charge >= 0.3 is 5.97 Å². The summed E-state index contributed by atoms with van der Waals surface area (Å²) in [6.45, 7) is 1.05. The zero-order valence-corrected chi connectivity index (χ0v) is 8.00. The molecule has 1 rings (SSSR count). The predicted octanol–water partition coefficient (Wildman–Crippen LogP) is 1.77. The van der Waals surface area contributed by atoms with Gasteiger partial charge < -0.3 is 10.4 Å². The zero-order chi connectivity index (χ0) is 11.4. The fourth-order valence-corrected chi connectivity index (χ4v) is 1.06. The number of rotatable bonds is 4. The summed E-state index contributed by atoms with van der Waals surface area (Å²) in [6.07, 6.45) is -2.50. The van der Waals surface area contributed by atoms with Crippen LogP contribution < -0.4 is 5.32 Å². The predicted molar refractivity (Wildman–Crippen MR) is 50.4 cm³/mol. The number of pyridine rings is 1. The number of nitrogens with one attached hydrogen (secondary N) is 1. The maximum atomic E-state index is 11.9. The normalized spacial score (nSPS) is 10.4. The Bertz CT molecular complexity index is 369. The van der Waals surface area contributed by atoms with Crippen molar-refractivity contribution >= 4 is 11.8 Å². The Morgan fingerprint density at radius 2 is 2.27 bits per heavy atom. The molecule has 0 atom stereocenters. The number of carbonyl (C=O) groups is 1. The molecule has 0 saturated heterocycles. The van der Waals surface area contributed by atoms with Crippen LogP contribution in [-0.4, -0.2) is 29.0 Å². The summed E-state index contributed by atoms with van der Waals surface area (Å²) in [5.41, 5.74) is 0.492. The van der Waals surface area contributed by atoms with Crippen molar-refractivity contribution in [1.29, 1.82) is 0 Å². The topological polar surface area (TPSA) is 62.2 Å². The number of anilines is 1. The first-order valence-corrected chi connectivity index (χ1v) is 4.23. The second-order valence-electron chi connectivity index (χ2n) is 2.96. The smallest absolute Gasteiger partial charge is 0.335 e. The first kappa shape index (κ1) is 11.4. The highest BCUT2D eigenvalue weighted by Gasteiger charge is 2.08. The second-order valence-corrected chi connectivity index (χ2v) is 2.96. The Labute approximate surface area is 84.9 Å². The van der Waals surface area contributed by atoms with E-state index in [1.165, 1.54) is 12.1 Å². The molecule has 0 unspecified atom stereocenters. The van der Waals surface area contributed by atoms with E-state index in [4.69, 9.17) is 5.11 Å². The van der Waals surface area contributed by atoms with Crippen LogP contribution in [0.3, 0.4) is 0 Å². The molecule has 0 radical (unpaired) electrons. The van der Waals surface area contributed by atoms with Gasteiger partial charge in [0.15, 0.2) is 0 Å². The minimum atomic E-state index is -2.50. The minimum Gasteiger partial charge on any atom is -0.478 e. The summed E-state index contributed by atoms with van der Waals surface area (Å²) in [4.78, 5) is 14.5. The first-order chi connectivity index (χ1) is 6.99. The van der Waals surface area contributed by atoms with Crippen LogP contribution in [0.1, 0.15) is 16.1 Å². The molecule has 0 fully saturated rings. The van der Waals surface area contributed by atoms with E-state index >= 15 is 0 Å². The van der Waals surface area contributed by atoms with Crippen LogP contribution in [0.15, 0.2) is 12.1 Å². The molecule has 0 aliphatic rings. The highest BCUT2D eigenvalue weighted by molar-refractivity contribution is 5.88. The lowest BCUT2D eigenvalue weighted by molar-refractivity contribution is 0.0696. The van der Waals surface area contributed by atoms with Crippen molar-refractivity contribution in [2.75, 3.05) is 11.9 Å². The third kappa shape index (κ3) is 3.49. The van der Waals surface area contributed by atoms with E-state index in [1.807, 2.05) is 0 Å². The summed E-state index contributed by atoms with van der Waals surface area (Å²) < 4.78 is 23.7. The lowest BCUT2D eigenvalue weighted by Crippen LogP contribution is -2.12. The van der Waals surface area contributed by atoms with Gasteiger partial charge in [0.25, 0.3) is 6.43 Å². The van der Waals surface area contributed by atoms with E-state index in [-0.39, 0.29) is 11.4 Å². The molecular weight excluding hydrogens is 206 g/mol. The highest BCUT2D eigenvalue weighted by atomic mass is 19.3. The molecule has 1 heterocycles. The van der Waals surface area contributed by atoms with E-state index in [0.29, 0.717) is 5.69 Å². The van der Waals surface area contributed by atoms with Crippen LogP contribution in [0.4, 0.5) is 14.6 Å². The molecule has 4 nitrogen and oxygen atoms in total. The number of aryl methyl sites for hydroxylation is 1. The number of carboxylic acid groups (broad SMARTS) is 1. The lowest BCUT2D eigenvalue weighted by atomic mass is 10.2. The molecule has 0 bridgehead atoms. The maximum absolute atomic E-state index is 11.9. The number of alkyl halides is 2. The van der Waals surface area contributed by atoms with Crippen molar-refractivity contribution in [3.63, 3.8) is 0 Å². The minimum absolute atomic E-state index is 0.0271. The molecule has 0 aromatic carbocycles. The number of halogens is 2. The molecule has 6 heteroatoms. The molecule has 1 aromatic rings. The number of aromatic carboxylic acids is 1. The molecule has 0 aliphatic heterocycles. The van der Waals surface area contributed by atoms with Gasteiger partial charge in [-0.25, -0.2) is 18.6 Å². The lowest BCUT2D eigenvalue weighted by Gasteiger charge is -2.06. The third-order valence-electron chi connectivity index (χ3n) is 1.64. The van der Waals surface area contributed by atoms with Crippen LogP contribution in [0.5, 0.6) is 0 Å². The van der Waals surface area contributed by atoms with E-state index in [2.05, 4.69) is 10.3 Å². The Kier molecular flexibility index (Phi) is 3.54. The molecule has 0 spiro atoms. The van der Waals surface area contributed by atoms with Crippen molar-refractivity contribution in [2.45, 2.75) is 13.3 Å². The molecular formula is C9H10F2N2O2. The quantitative estimate of drug-likeness (QED) is 0.805. The highest BCUT2D eigenvalue weighted by Crippen LogP contribution is 2.10. The van der Waals surface area contributed by atoms with Gasteiger partial charge in [0.05, 0.1) is 12.1 Å². The standard InChI is InChI=1S/C9H10F2N2O2/c1-5-2-6(9(14)15)3-8(13-5)12-4-7(10)11/h2-3,7H,4H2,1H3,(H,12,13)(H,14,15). The fraction of sp³-hybridized carbons (Fsp3) is 0.333. The summed E-state index contributed by atoms with van der Waals surface area (Å²) in [6, 6.07) is 2.59. The Balaban J connectivity index is 2.84. The van der Waals surface area contributed by atoms with Gasteiger partial charge in [-0.05, 0) is 19.1 Å². The van der Waals surface area contributed by atoms with Crippen LogP contribution in [-0.2, 0) is 0 Å². The maximum Gasteiger partial charge on any atom is 0.335 e. The molecule has 0 aliphatic carbocycles. The van der Waals surface area contributed by atoms with Crippen molar-refractivity contribution in [3.8, 4) is 0 Å². The molecule has 15 heavy (non-hydrogen) atoms. The third-order valence-corrected chi connectivity index (χ3v) is 1.64. The molecule has 0 amide bonds. The van der Waals surface area contributed by atoms with Gasteiger partial charge in [0, 0.05) is 5.69 Å². The Morgan fingerprint density at radius 3 is 2.80 bits per heavy atom. The van der Waals surface area contributed by atoms with Gasteiger partial charge in [-0.15, -0.1) is 0 Å². The van der Waals surface area contributed by atoms with Crippen LogP contribution in [0.2, 0.25) is 0 Å². The number of hydrogen-bond donors (Lipinski definition) is 2. The van der Waals surface area contributed by atoms with Crippen molar-refractivity contribution in [3.05, 3.63) is 23.4 Å². The summed E-state index contributed by atoms with van der Waals surface area (Å²) >= 11 is 0. The number of carboxylic acids is 1. The van der Waals surface area contributed by atoms with Crippen molar-refractivity contribution in [1.82, 2.24) is 4.98 Å². The van der Waals surface area contributed by atoms with Crippen molar-refractivity contribution in [2.24, 2.45) is 0 Å². The van der Waals surface area contributed by atoms with Gasteiger partial charge in [-0.3, -0.25) is 0 Å². The van der Waals surface area contributed by atoms with Gasteiger partial charge in [-0.1, -0.05) is 0 Å². The van der Waals surface area contributed by atoms with Gasteiger partial charge in [0.1, 0.15) is 5.82 Å². The average molecular weight is 216 g/mol. The molecule has 1 aromatic heterocycles. The van der Waals surface area contributed by atoms with E-state index in [9.17, 15) is 13.6 Å². The molecule has 0 saturated carbocycles. The number of hydrogen-bond acceptors (Lipinski definition) is 3. The van der Waals surface area contributed by atoms with Crippen LogP contribution in [0, 0.1) is 6.92 Å². The average Bonchev–Trinajstić information content (AvgIpc) is 2.13. The van der Waals surface area contributed by atoms with E-state index < -0.39 is 18.9 Å². The summed E-state index contributed by atoms with van der Waals surface area (Å²) in [5, 5.41) is 11.1. The summed E-state index contributed by atoms with van der Waals surface area (Å²) in [7, 11) is 0. The number of aromatic nitrogens is 1. The first-order valence-electron chi connectivity index (χ1n) is 4.23. The SMILES string of the molecule is Cc1cc(C(=O)O)cc(NCC(F)F)n1. The largest absolute Gasteiger partial charge is 0.478 e. The van der Waals surface area contributed by atoms with E-state index in [1.54, 1.807) is 6.92 Å². The fourth-order valence-electron chi connectivity index (χ4n) is 1.06. The zero-order valence-electron chi connectivity index (χ0n) is 8.00. The Hall–Kier alpha value is -1.72. The Morgan fingerprint density at radius 1 is 1.60 bits per heavy atom. The summed E-state index contributed by atoms with van der Waals surface area (Å²) in [5.74, 6) is -0.965. The van der Waals surface area contributed by atoms with Gasteiger partial charge in [-0.2, -0.15) is 0 Å². The van der Waals surface area contributed by atoms with Gasteiger partial charge in [0.2, 0.25) is 0 Å². The molecule has 82 valence electrons. The number of nitrogens with zero attached hydrogens (tertiary/aromatic N) is 1.